The Balaban J connectivity index is 1.73. The van der Waals surface area contributed by atoms with Gasteiger partial charge in [-0.05, 0) is 95.1 Å². The van der Waals surface area contributed by atoms with Crippen LogP contribution in [-0.2, 0) is 19.5 Å². The zero-order valence-corrected chi connectivity index (χ0v) is 24.2. The number of halogens is 3. The molecule has 0 aromatic heterocycles. The van der Waals surface area contributed by atoms with Gasteiger partial charge >= 0.3 is 0 Å². The van der Waals surface area contributed by atoms with E-state index in [9.17, 15) is 23.8 Å². The topological polar surface area (TPSA) is 84.8 Å². The second-order valence-corrected chi connectivity index (χ2v) is 10.8. The zero-order valence-electron chi connectivity index (χ0n) is 22.0. The highest BCUT2D eigenvalue weighted by molar-refractivity contribution is 14.1. The van der Waals surface area contributed by atoms with Crippen molar-refractivity contribution in [2.24, 2.45) is 0 Å². The molecule has 0 spiro atoms. The van der Waals surface area contributed by atoms with Crippen LogP contribution in [0.4, 0.5) is 8.78 Å². The Kier molecular flexibility index (Phi) is 12.7. The Morgan fingerprint density at radius 1 is 0.974 bits per heavy atom. The largest absolute Gasteiger partial charge is 0.395 e. The molecule has 0 radical (unpaired) electrons. The van der Waals surface area contributed by atoms with Gasteiger partial charge in [0.1, 0.15) is 11.6 Å². The first-order chi connectivity index (χ1) is 18.8. The second kappa shape index (κ2) is 16.0. The molecule has 9 heteroatoms. The van der Waals surface area contributed by atoms with E-state index in [1.54, 1.807) is 18.2 Å². The molecule has 0 heterocycles. The van der Waals surface area contributed by atoms with E-state index in [1.165, 1.54) is 12.1 Å². The highest BCUT2D eigenvalue weighted by Crippen LogP contribution is 2.14. The molecule has 3 aromatic rings. The van der Waals surface area contributed by atoms with E-state index in [0.717, 1.165) is 33.7 Å². The summed E-state index contributed by atoms with van der Waals surface area (Å²) in [4.78, 5) is 15.4. The first-order valence-corrected chi connectivity index (χ1v) is 14.2. The Morgan fingerprint density at radius 3 is 2.38 bits per heavy atom. The summed E-state index contributed by atoms with van der Waals surface area (Å²) in [5.41, 5.74) is 2.73. The summed E-state index contributed by atoms with van der Waals surface area (Å²) in [5.74, 6) is -1.82. The van der Waals surface area contributed by atoms with Gasteiger partial charge in [0.05, 0.1) is 18.8 Å². The number of carbonyl (C=O) groups excluding carboxylic acids is 1. The van der Waals surface area contributed by atoms with Crippen LogP contribution in [0, 0.1) is 15.2 Å². The smallest absolute Gasteiger partial charge is 0.251 e. The van der Waals surface area contributed by atoms with Crippen LogP contribution in [0.3, 0.4) is 0 Å². The third-order valence-corrected chi connectivity index (χ3v) is 6.95. The standard InChI is InChI=1S/C30H36F2IN3O3/c1-2-9-36(10-11-37)20-22-6-3-7-24(12-22)30(39)35-28(16-23-13-25(31)17-26(32)14-23)29(38)19-34-18-21-5-4-8-27(33)15-21/h3-8,12-15,17,28-29,34,37-38H,2,9-11,16,18-20H2,1H3,(H,35,39). The van der Waals surface area contributed by atoms with E-state index in [1.807, 2.05) is 30.3 Å². The number of nitrogens with zero attached hydrogens (tertiary/aromatic N) is 1. The minimum atomic E-state index is -1.02. The van der Waals surface area contributed by atoms with Crippen molar-refractivity contribution in [3.05, 3.63) is 104 Å². The maximum Gasteiger partial charge on any atom is 0.251 e. The van der Waals surface area contributed by atoms with Crippen molar-refractivity contribution in [3.8, 4) is 0 Å². The van der Waals surface area contributed by atoms with Crippen LogP contribution in [0.15, 0.2) is 66.7 Å². The lowest BCUT2D eigenvalue weighted by atomic mass is 9.99. The van der Waals surface area contributed by atoms with Crippen molar-refractivity contribution in [1.29, 1.82) is 0 Å². The van der Waals surface area contributed by atoms with Crippen molar-refractivity contribution in [2.45, 2.75) is 45.0 Å². The maximum absolute atomic E-state index is 13.9. The van der Waals surface area contributed by atoms with Gasteiger partial charge in [0.15, 0.2) is 0 Å². The van der Waals surface area contributed by atoms with Gasteiger partial charge in [0.2, 0.25) is 0 Å². The van der Waals surface area contributed by atoms with Gasteiger partial charge < -0.3 is 20.8 Å². The summed E-state index contributed by atoms with van der Waals surface area (Å²) in [6.07, 6.45) is -0.0267. The third kappa shape index (κ3) is 10.6. The van der Waals surface area contributed by atoms with Crippen molar-refractivity contribution in [2.75, 3.05) is 26.2 Å². The first-order valence-electron chi connectivity index (χ1n) is 13.1. The van der Waals surface area contributed by atoms with Crippen LogP contribution >= 0.6 is 22.6 Å². The van der Waals surface area contributed by atoms with Gasteiger partial charge in [-0.15, -0.1) is 0 Å². The van der Waals surface area contributed by atoms with Crippen LogP contribution in [0.2, 0.25) is 0 Å². The number of carbonyl (C=O) groups is 1. The normalized spacial score (nSPS) is 12.9. The van der Waals surface area contributed by atoms with Crippen molar-refractivity contribution in [3.63, 3.8) is 0 Å². The quantitative estimate of drug-likeness (QED) is 0.185. The van der Waals surface area contributed by atoms with Gasteiger partial charge in [0.25, 0.3) is 5.91 Å². The number of rotatable bonds is 15. The third-order valence-electron chi connectivity index (χ3n) is 6.28. The SMILES string of the molecule is CCCN(CCO)Cc1cccc(C(=O)NC(Cc2cc(F)cc(F)c2)C(O)CNCc2cccc(I)c2)c1. The van der Waals surface area contributed by atoms with E-state index >= 15 is 0 Å². The molecule has 2 atom stereocenters. The fraction of sp³-hybridized carbons (Fsp3) is 0.367. The molecule has 39 heavy (non-hydrogen) atoms. The second-order valence-electron chi connectivity index (χ2n) is 9.59. The Morgan fingerprint density at radius 2 is 1.69 bits per heavy atom. The van der Waals surface area contributed by atoms with Gasteiger partial charge in [-0.1, -0.05) is 31.2 Å². The molecule has 3 rings (SSSR count). The molecule has 0 saturated heterocycles. The number of aliphatic hydroxyl groups is 2. The van der Waals surface area contributed by atoms with Gasteiger partial charge in [-0.25, -0.2) is 8.78 Å². The lowest BCUT2D eigenvalue weighted by Gasteiger charge is -2.25. The number of hydrogen-bond acceptors (Lipinski definition) is 5. The minimum Gasteiger partial charge on any atom is -0.395 e. The molecule has 0 aliphatic heterocycles. The van der Waals surface area contributed by atoms with E-state index in [2.05, 4.69) is 45.0 Å². The number of aliphatic hydroxyl groups excluding tert-OH is 2. The van der Waals surface area contributed by atoms with E-state index in [0.29, 0.717) is 30.8 Å². The number of benzene rings is 3. The molecule has 4 N–H and O–H groups in total. The van der Waals surface area contributed by atoms with Crippen LogP contribution in [0.5, 0.6) is 0 Å². The fourth-order valence-corrected chi connectivity index (χ4v) is 5.08. The average molecular weight is 652 g/mol. The predicted molar refractivity (Wildman–Crippen MR) is 157 cm³/mol. The number of amides is 1. The van der Waals surface area contributed by atoms with E-state index in [4.69, 9.17) is 0 Å². The monoisotopic (exact) mass is 651 g/mol. The minimum absolute atomic E-state index is 0.0486. The average Bonchev–Trinajstić information content (AvgIpc) is 2.88. The summed E-state index contributed by atoms with van der Waals surface area (Å²) >= 11 is 2.23. The lowest BCUT2D eigenvalue weighted by Crippen LogP contribution is -2.48. The van der Waals surface area contributed by atoms with E-state index < -0.39 is 23.8 Å². The zero-order chi connectivity index (χ0) is 28.2. The van der Waals surface area contributed by atoms with Crippen LogP contribution in [0.1, 0.15) is 40.4 Å². The summed E-state index contributed by atoms with van der Waals surface area (Å²) < 4.78 is 28.8. The van der Waals surface area contributed by atoms with Crippen LogP contribution in [-0.4, -0.2) is 59.4 Å². The molecule has 0 saturated carbocycles. The summed E-state index contributed by atoms with van der Waals surface area (Å²) in [6.45, 7) is 4.77. The predicted octanol–water partition coefficient (Wildman–Crippen LogP) is 4.27. The molecule has 0 fully saturated rings. The van der Waals surface area contributed by atoms with Gasteiger partial charge in [0, 0.05) is 41.4 Å². The van der Waals surface area contributed by atoms with Crippen LogP contribution in [0.25, 0.3) is 0 Å². The summed E-state index contributed by atoms with van der Waals surface area (Å²) in [5, 5.41) is 26.5. The molecule has 1 amide bonds. The molecule has 6 nitrogen and oxygen atoms in total. The molecule has 210 valence electrons. The highest BCUT2D eigenvalue weighted by atomic mass is 127. The van der Waals surface area contributed by atoms with Crippen LogP contribution < -0.4 is 10.6 Å². The van der Waals surface area contributed by atoms with Crippen molar-refractivity contribution < 1.29 is 23.8 Å². The Hall–Kier alpha value is -2.44. The molecule has 0 aliphatic carbocycles. The van der Waals surface area contributed by atoms with Gasteiger partial charge in [-0.2, -0.15) is 0 Å². The highest BCUT2D eigenvalue weighted by Gasteiger charge is 2.23. The number of hydrogen-bond donors (Lipinski definition) is 4. The van der Waals surface area contributed by atoms with Crippen molar-refractivity contribution >= 4 is 28.5 Å². The van der Waals surface area contributed by atoms with Crippen molar-refractivity contribution in [1.82, 2.24) is 15.5 Å². The molecular formula is C30H36F2IN3O3. The molecule has 3 aromatic carbocycles. The van der Waals surface area contributed by atoms with E-state index in [-0.39, 0.29) is 25.5 Å². The number of nitrogens with one attached hydrogen (secondary N) is 2. The molecule has 0 aliphatic rings. The summed E-state index contributed by atoms with van der Waals surface area (Å²) in [7, 11) is 0. The van der Waals surface area contributed by atoms with Gasteiger partial charge in [-0.3, -0.25) is 9.69 Å². The molecule has 0 bridgehead atoms. The molecule has 2 unspecified atom stereocenters. The first kappa shape index (κ1) is 31.1. The Labute approximate surface area is 242 Å². The Bertz CT molecular complexity index is 1190. The molecular weight excluding hydrogens is 615 g/mol. The maximum atomic E-state index is 13.9. The summed E-state index contributed by atoms with van der Waals surface area (Å²) in [6, 6.07) is 17.6. The lowest BCUT2D eigenvalue weighted by molar-refractivity contribution is 0.0829. The fourth-order valence-electron chi connectivity index (χ4n) is 4.47.